The molecule has 1 saturated heterocycles. The summed E-state index contributed by atoms with van der Waals surface area (Å²) >= 11 is 0. The lowest BCUT2D eigenvalue weighted by Crippen LogP contribution is -2.58. The van der Waals surface area contributed by atoms with Gasteiger partial charge in [0.2, 0.25) is 0 Å². The maximum atomic E-state index is 12.5. The van der Waals surface area contributed by atoms with Crippen LogP contribution >= 0.6 is 0 Å². The monoisotopic (exact) mass is 438 g/mol. The molecule has 2 rings (SSSR count). The van der Waals surface area contributed by atoms with Crippen molar-refractivity contribution in [3.05, 3.63) is 35.4 Å². The molecule has 0 amide bonds. The molecule has 170 valence electrons. The summed E-state index contributed by atoms with van der Waals surface area (Å²) in [6.07, 6.45) is -3.27. The van der Waals surface area contributed by atoms with E-state index in [0.717, 1.165) is 0 Å². The summed E-state index contributed by atoms with van der Waals surface area (Å²) in [7, 11) is 1.34. The van der Waals surface area contributed by atoms with Crippen molar-refractivity contribution in [2.24, 2.45) is 5.92 Å². The van der Waals surface area contributed by atoms with Gasteiger partial charge in [-0.3, -0.25) is 9.59 Å². The summed E-state index contributed by atoms with van der Waals surface area (Å²) in [4.78, 5) is 47.1. The molecule has 5 atom stereocenters. The average Bonchev–Trinajstić information content (AvgIpc) is 2.72. The summed E-state index contributed by atoms with van der Waals surface area (Å²) in [6.45, 7) is 4.01. The molecule has 0 aromatic heterocycles. The van der Waals surface area contributed by atoms with Gasteiger partial charge in [-0.1, -0.05) is 19.1 Å². The fourth-order valence-corrected chi connectivity index (χ4v) is 3.55. The van der Waals surface area contributed by atoms with Crippen LogP contribution in [0.15, 0.2) is 24.3 Å². The normalized spacial score (nSPS) is 25.4. The number of carboxylic acid groups (broad SMARTS) is 1. The molecule has 10 nitrogen and oxygen atoms in total. The van der Waals surface area contributed by atoms with Crippen LogP contribution in [0.25, 0.3) is 0 Å². The SMILES string of the molecule is CC[C@H]1[C@@H](OC(C)=O)[C@H](OC(C)=O)[C@@H](OC)O[C@H]1COC(=O)c1ccccc1C(=O)O. The van der Waals surface area contributed by atoms with Crippen molar-refractivity contribution in [2.45, 2.75) is 51.8 Å². The summed E-state index contributed by atoms with van der Waals surface area (Å²) in [5.74, 6) is -3.76. The topological polar surface area (TPSA) is 135 Å². The summed E-state index contributed by atoms with van der Waals surface area (Å²) in [5, 5.41) is 9.26. The lowest BCUT2D eigenvalue weighted by Gasteiger charge is -2.44. The van der Waals surface area contributed by atoms with Gasteiger partial charge in [0.25, 0.3) is 0 Å². The number of esters is 3. The standard InChI is InChI=1S/C21H26O10/c1-5-13-16(10-28-20(26)15-9-7-6-8-14(15)19(24)25)31-21(27-4)18(30-12(3)23)17(13)29-11(2)22/h6-9,13,16-18,21H,5,10H2,1-4H3,(H,24,25)/t13-,16+,17-,18+,21+/m1/s1. The molecule has 1 aromatic carbocycles. The summed E-state index contributed by atoms with van der Waals surface area (Å²) in [5.41, 5.74) is -0.289. The van der Waals surface area contributed by atoms with Gasteiger partial charge in [-0.25, -0.2) is 9.59 Å². The highest BCUT2D eigenvalue weighted by atomic mass is 16.7. The molecular weight excluding hydrogens is 412 g/mol. The van der Waals surface area contributed by atoms with E-state index in [0.29, 0.717) is 6.42 Å². The predicted molar refractivity (Wildman–Crippen MR) is 104 cm³/mol. The van der Waals surface area contributed by atoms with Gasteiger partial charge in [-0.05, 0) is 18.6 Å². The predicted octanol–water partition coefficient (Wildman–Crippen LogP) is 1.80. The van der Waals surface area contributed by atoms with Crippen molar-refractivity contribution in [1.82, 2.24) is 0 Å². The third kappa shape index (κ3) is 6.02. The number of hydrogen-bond acceptors (Lipinski definition) is 9. The second-order valence-electron chi connectivity index (χ2n) is 6.95. The van der Waals surface area contributed by atoms with Crippen molar-refractivity contribution in [3.63, 3.8) is 0 Å². The summed E-state index contributed by atoms with van der Waals surface area (Å²) in [6, 6.07) is 5.67. The Labute approximate surface area is 179 Å². The maximum absolute atomic E-state index is 12.5. The molecule has 0 unspecified atom stereocenters. The van der Waals surface area contributed by atoms with E-state index in [9.17, 15) is 24.3 Å². The first-order chi connectivity index (χ1) is 14.7. The number of methoxy groups -OCH3 is 1. The number of carboxylic acids is 1. The minimum Gasteiger partial charge on any atom is -0.478 e. The fraction of sp³-hybridized carbons (Fsp3) is 0.524. The number of ether oxygens (including phenoxy) is 5. The Kier molecular flexibility index (Phi) is 8.52. The van der Waals surface area contributed by atoms with Crippen LogP contribution in [0.5, 0.6) is 0 Å². The number of carbonyl (C=O) groups excluding carboxylic acids is 3. The Morgan fingerprint density at radius 2 is 1.58 bits per heavy atom. The number of benzene rings is 1. The van der Waals surface area contributed by atoms with E-state index < -0.39 is 54.4 Å². The Hall–Kier alpha value is -2.98. The second kappa shape index (κ2) is 10.9. The second-order valence-corrected chi connectivity index (χ2v) is 6.95. The zero-order valence-electron chi connectivity index (χ0n) is 17.7. The molecule has 0 radical (unpaired) electrons. The van der Waals surface area contributed by atoms with Crippen LogP contribution in [0.1, 0.15) is 47.9 Å². The van der Waals surface area contributed by atoms with Gasteiger partial charge >= 0.3 is 23.9 Å². The van der Waals surface area contributed by atoms with Gasteiger partial charge in [0.05, 0.1) is 11.1 Å². The number of hydrogen-bond donors (Lipinski definition) is 1. The molecule has 0 bridgehead atoms. The first-order valence-electron chi connectivity index (χ1n) is 9.71. The van der Waals surface area contributed by atoms with Crippen LogP contribution in [0.4, 0.5) is 0 Å². The minimum absolute atomic E-state index is 0.100. The van der Waals surface area contributed by atoms with Gasteiger partial charge < -0.3 is 28.8 Å². The van der Waals surface area contributed by atoms with Crippen molar-refractivity contribution >= 4 is 23.9 Å². The molecule has 1 N–H and O–H groups in total. The first-order valence-corrected chi connectivity index (χ1v) is 9.71. The molecule has 31 heavy (non-hydrogen) atoms. The third-order valence-electron chi connectivity index (χ3n) is 4.86. The first kappa shape index (κ1) is 24.3. The Balaban J connectivity index is 2.23. The van der Waals surface area contributed by atoms with Crippen molar-refractivity contribution in [3.8, 4) is 0 Å². The van der Waals surface area contributed by atoms with Gasteiger partial charge in [0.15, 0.2) is 12.4 Å². The van der Waals surface area contributed by atoms with E-state index in [1.54, 1.807) is 0 Å². The van der Waals surface area contributed by atoms with E-state index in [1.165, 1.54) is 45.2 Å². The number of carbonyl (C=O) groups is 4. The Morgan fingerprint density at radius 3 is 2.10 bits per heavy atom. The van der Waals surface area contributed by atoms with Crippen LogP contribution in [-0.4, -0.2) is 67.3 Å². The van der Waals surface area contributed by atoms with Crippen LogP contribution < -0.4 is 0 Å². The van der Waals surface area contributed by atoms with E-state index in [4.69, 9.17) is 23.7 Å². The lowest BCUT2D eigenvalue weighted by molar-refractivity contribution is -0.289. The third-order valence-corrected chi connectivity index (χ3v) is 4.86. The van der Waals surface area contributed by atoms with Crippen LogP contribution in [0, 0.1) is 5.92 Å². The van der Waals surface area contributed by atoms with Crippen LogP contribution in [0.3, 0.4) is 0 Å². The number of rotatable bonds is 8. The minimum atomic E-state index is -1.26. The molecule has 1 fully saturated rings. The quantitative estimate of drug-likeness (QED) is 0.473. The molecule has 0 spiro atoms. The van der Waals surface area contributed by atoms with Gasteiger partial charge in [0.1, 0.15) is 18.8 Å². The molecular formula is C21H26O10. The highest BCUT2D eigenvalue weighted by Gasteiger charge is 2.49. The molecule has 1 aliphatic rings. The molecule has 10 heteroatoms. The molecule has 0 aliphatic carbocycles. The lowest BCUT2D eigenvalue weighted by atomic mass is 9.86. The molecule has 1 aliphatic heterocycles. The highest BCUT2D eigenvalue weighted by Crippen LogP contribution is 2.33. The molecule has 1 heterocycles. The van der Waals surface area contributed by atoms with E-state index in [-0.39, 0.29) is 17.7 Å². The Bertz CT molecular complexity index is 820. The van der Waals surface area contributed by atoms with Crippen LogP contribution in [0.2, 0.25) is 0 Å². The van der Waals surface area contributed by atoms with E-state index >= 15 is 0 Å². The van der Waals surface area contributed by atoms with Gasteiger partial charge in [-0.15, -0.1) is 0 Å². The zero-order valence-corrected chi connectivity index (χ0v) is 17.7. The van der Waals surface area contributed by atoms with Crippen molar-refractivity contribution in [2.75, 3.05) is 13.7 Å². The van der Waals surface area contributed by atoms with E-state index in [2.05, 4.69) is 0 Å². The smallest absolute Gasteiger partial charge is 0.339 e. The summed E-state index contributed by atoms with van der Waals surface area (Å²) < 4.78 is 27.1. The van der Waals surface area contributed by atoms with E-state index in [1.807, 2.05) is 6.92 Å². The Morgan fingerprint density at radius 1 is 1.00 bits per heavy atom. The average molecular weight is 438 g/mol. The number of aromatic carboxylic acids is 1. The highest BCUT2D eigenvalue weighted by molar-refractivity contribution is 6.02. The molecule has 1 aromatic rings. The van der Waals surface area contributed by atoms with Crippen LogP contribution in [-0.2, 0) is 33.3 Å². The van der Waals surface area contributed by atoms with Crippen molar-refractivity contribution < 1.29 is 48.0 Å². The maximum Gasteiger partial charge on any atom is 0.339 e. The van der Waals surface area contributed by atoms with Gasteiger partial charge in [0, 0.05) is 26.9 Å². The molecule has 0 saturated carbocycles. The fourth-order valence-electron chi connectivity index (χ4n) is 3.55. The van der Waals surface area contributed by atoms with Crippen molar-refractivity contribution in [1.29, 1.82) is 0 Å². The van der Waals surface area contributed by atoms with Gasteiger partial charge in [-0.2, -0.15) is 0 Å². The zero-order chi connectivity index (χ0) is 23.1. The largest absolute Gasteiger partial charge is 0.478 e.